The van der Waals surface area contributed by atoms with Crippen molar-refractivity contribution in [1.82, 2.24) is 9.55 Å². The van der Waals surface area contributed by atoms with Gasteiger partial charge in [-0.3, -0.25) is 0 Å². The maximum atomic E-state index is 8.74. The van der Waals surface area contributed by atoms with Crippen molar-refractivity contribution in [3.63, 3.8) is 0 Å². The lowest BCUT2D eigenvalue weighted by molar-refractivity contribution is 0.315. The molecule has 1 unspecified atom stereocenters. The fraction of sp³-hybridized carbons (Fsp3) is 0.231. The summed E-state index contributed by atoms with van der Waals surface area (Å²) in [4.78, 5) is 4.22. The van der Waals surface area contributed by atoms with Gasteiger partial charge in [0, 0.05) is 18.8 Å². The molecule has 18 heavy (non-hydrogen) atoms. The molecule has 0 bridgehead atoms. The van der Waals surface area contributed by atoms with Crippen LogP contribution in [0, 0.1) is 6.92 Å². The van der Waals surface area contributed by atoms with Crippen LogP contribution in [0.4, 0.5) is 0 Å². The fourth-order valence-corrected chi connectivity index (χ4v) is 2.01. The minimum Gasteiger partial charge on any atom is -0.409 e. The van der Waals surface area contributed by atoms with Gasteiger partial charge in [-0.2, -0.15) is 0 Å². The van der Waals surface area contributed by atoms with Gasteiger partial charge >= 0.3 is 0 Å². The summed E-state index contributed by atoms with van der Waals surface area (Å²) in [6.07, 6.45) is 4.09. The number of aromatic nitrogens is 2. The van der Waals surface area contributed by atoms with Crippen molar-refractivity contribution >= 4 is 5.84 Å². The van der Waals surface area contributed by atoms with E-state index < -0.39 is 0 Å². The summed E-state index contributed by atoms with van der Waals surface area (Å²) < 4.78 is 2.02. The minimum atomic E-state index is -0.00963. The lowest BCUT2D eigenvalue weighted by Crippen LogP contribution is -2.21. The van der Waals surface area contributed by atoms with Crippen molar-refractivity contribution in [2.24, 2.45) is 10.9 Å². The van der Waals surface area contributed by atoms with E-state index in [0.29, 0.717) is 6.42 Å². The van der Waals surface area contributed by atoms with Gasteiger partial charge in [0.1, 0.15) is 11.7 Å². The summed E-state index contributed by atoms with van der Waals surface area (Å²) in [7, 11) is 0. The molecule has 1 aromatic carbocycles. The Bertz CT molecular complexity index is 533. The highest BCUT2D eigenvalue weighted by Crippen LogP contribution is 2.23. The van der Waals surface area contributed by atoms with Gasteiger partial charge in [-0.05, 0) is 12.5 Å². The molecule has 1 heterocycles. The van der Waals surface area contributed by atoms with E-state index in [-0.39, 0.29) is 11.9 Å². The first kappa shape index (κ1) is 12.2. The van der Waals surface area contributed by atoms with E-state index in [9.17, 15) is 0 Å². The Balaban J connectivity index is 2.38. The van der Waals surface area contributed by atoms with Crippen LogP contribution in [0.5, 0.6) is 0 Å². The smallest absolute Gasteiger partial charge is 0.141 e. The fourth-order valence-electron chi connectivity index (χ4n) is 2.01. The van der Waals surface area contributed by atoms with Crippen molar-refractivity contribution in [3.05, 3.63) is 54.1 Å². The first-order valence-electron chi connectivity index (χ1n) is 5.73. The Morgan fingerprint density at radius 1 is 1.44 bits per heavy atom. The molecule has 1 atom stereocenters. The number of oxime groups is 1. The molecular formula is C13H16N4O. The van der Waals surface area contributed by atoms with Gasteiger partial charge < -0.3 is 15.5 Å². The minimum absolute atomic E-state index is 0.00963. The molecule has 3 N–H and O–H groups in total. The molecule has 0 aliphatic heterocycles. The van der Waals surface area contributed by atoms with E-state index in [0.717, 1.165) is 11.4 Å². The molecule has 0 radical (unpaired) electrons. The quantitative estimate of drug-likeness (QED) is 0.373. The van der Waals surface area contributed by atoms with E-state index in [4.69, 9.17) is 10.9 Å². The highest BCUT2D eigenvalue weighted by molar-refractivity contribution is 5.80. The van der Waals surface area contributed by atoms with E-state index in [1.807, 2.05) is 48.0 Å². The molecule has 0 amide bonds. The Kier molecular flexibility index (Phi) is 3.62. The number of hydrogen-bond acceptors (Lipinski definition) is 3. The normalized spacial score (nSPS) is 13.5. The predicted molar refractivity (Wildman–Crippen MR) is 69.6 cm³/mol. The number of rotatable bonds is 4. The number of imidazole rings is 1. The largest absolute Gasteiger partial charge is 0.409 e. The van der Waals surface area contributed by atoms with E-state index in [2.05, 4.69) is 10.1 Å². The zero-order valence-corrected chi connectivity index (χ0v) is 10.2. The highest BCUT2D eigenvalue weighted by atomic mass is 16.4. The molecule has 0 fully saturated rings. The molecular weight excluding hydrogens is 228 g/mol. The number of nitrogens with zero attached hydrogens (tertiary/aromatic N) is 3. The van der Waals surface area contributed by atoms with Crippen molar-refractivity contribution in [1.29, 1.82) is 0 Å². The summed E-state index contributed by atoms with van der Waals surface area (Å²) in [5, 5.41) is 11.8. The predicted octanol–water partition coefficient (Wildman–Crippen LogP) is 1.92. The standard InChI is InChI=1S/C13H16N4O/c1-10-15-7-8-17(10)12(9-13(14)16-18)11-5-3-2-4-6-11/h2-8,12,18H,9H2,1H3,(H2,14,16). The number of aryl methyl sites for hydroxylation is 1. The average molecular weight is 244 g/mol. The van der Waals surface area contributed by atoms with Crippen LogP contribution in [0.3, 0.4) is 0 Å². The molecule has 2 aromatic rings. The molecule has 0 saturated heterocycles. The summed E-state index contributed by atoms with van der Waals surface area (Å²) in [5.41, 5.74) is 6.74. The molecule has 0 aliphatic rings. The van der Waals surface area contributed by atoms with Crippen LogP contribution < -0.4 is 5.73 Å². The second-order valence-corrected chi connectivity index (χ2v) is 4.10. The monoisotopic (exact) mass is 244 g/mol. The average Bonchev–Trinajstić information content (AvgIpc) is 2.83. The number of benzene rings is 1. The zero-order chi connectivity index (χ0) is 13.0. The second kappa shape index (κ2) is 5.35. The molecule has 0 spiro atoms. The maximum Gasteiger partial charge on any atom is 0.141 e. The van der Waals surface area contributed by atoms with Crippen LogP contribution in [-0.2, 0) is 0 Å². The molecule has 94 valence electrons. The lowest BCUT2D eigenvalue weighted by atomic mass is 10.0. The summed E-state index contributed by atoms with van der Waals surface area (Å²) in [6, 6.07) is 9.94. The van der Waals surface area contributed by atoms with Crippen LogP contribution in [0.25, 0.3) is 0 Å². The Hall–Kier alpha value is -2.30. The Morgan fingerprint density at radius 3 is 2.72 bits per heavy atom. The maximum absolute atomic E-state index is 8.74. The van der Waals surface area contributed by atoms with Crippen LogP contribution in [-0.4, -0.2) is 20.6 Å². The van der Waals surface area contributed by atoms with Gasteiger partial charge in [0.25, 0.3) is 0 Å². The van der Waals surface area contributed by atoms with Crippen molar-refractivity contribution in [2.45, 2.75) is 19.4 Å². The van der Waals surface area contributed by atoms with E-state index >= 15 is 0 Å². The van der Waals surface area contributed by atoms with Gasteiger partial charge in [-0.15, -0.1) is 0 Å². The Labute approximate surface area is 106 Å². The van der Waals surface area contributed by atoms with Crippen LogP contribution in [0.2, 0.25) is 0 Å². The molecule has 2 rings (SSSR count). The number of amidine groups is 1. The van der Waals surface area contributed by atoms with E-state index in [1.54, 1.807) is 6.20 Å². The van der Waals surface area contributed by atoms with Gasteiger partial charge in [0.05, 0.1) is 6.04 Å². The molecule has 5 heteroatoms. The van der Waals surface area contributed by atoms with E-state index in [1.165, 1.54) is 0 Å². The first-order chi connectivity index (χ1) is 8.72. The topological polar surface area (TPSA) is 76.4 Å². The number of nitrogens with two attached hydrogens (primary N) is 1. The third-order valence-electron chi connectivity index (χ3n) is 2.91. The SMILES string of the molecule is Cc1nccn1C(C/C(N)=N/O)c1ccccc1. The zero-order valence-electron chi connectivity index (χ0n) is 10.2. The molecule has 0 saturated carbocycles. The second-order valence-electron chi connectivity index (χ2n) is 4.10. The highest BCUT2D eigenvalue weighted by Gasteiger charge is 2.16. The third-order valence-corrected chi connectivity index (χ3v) is 2.91. The van der Waals surface area contributed by atoms with Crippen LogP contribution >= 0.6 is 0 Å². The van der Waals surface area contributed by atoms with Gasteiger partial charge in [0.2, 0.25) is 0 Å². The van der Waals surface area contributed by atoms with Gasteiger partial charge in [-0.25, -0.2) is 4.98 Å². The van der Waals surface area contributed by atoms with Crippen molar-refractivity contribution < 1.29 is 5.21 Å². The summed E-state index contributed by atoms with van der Waals surface area (Å²) >= 11 is 0. The Morgan fingerprint density at radius 2 is 2.17 bits per heavy atom. The van der Waals surface area contributed by atoms with Crippen LogP contribution in [0.1, 0.15) is 23.9 Å². The van der Waals surface area contributed by atoms with Gasteiger partial charge in [-0.1, -0.05) is 35.5 Å². The van der Waals surface area contributed by atoms with Crippen molar-refractivity contribution in [3.8, 4) is 0 Å². The third kappa shape index (κ3) is 2.51. The summed E-state index contributed by atoms with van der Waals surface area (Å²) in [6.45, 7) is 1.93. The lowest BCUT2D eigenvalue weighted by Gasteiger charge is -2.19. The molecule has 5 nitrogen and oxygen atoms in total. The summed E-state index contributed by atoms with van der Waals surface area (Å²) in [5.74, 6) is 1.10. The van der Waals surface area contributed by atoms with Gasteiger partial charge in [0.15, 0.2) is 0 Å². The molecule has 1 aromatic heterocycles. The molecule has 0 aliphatic carbocycles. The van der Waals surface area contributed by atoms with Crippen LogP contribution in [0.15, 0.2) is 47.9 Å². The number of hydrogen-bond donors (Lipinski definition) is 2. The first-order valence-corrected chi connectivity index (χ1v) is 5.73. The van der Waals surface area contributed by atoms with Crippen molar-refractivity contribution in [2.75, 3.05) is 0 Å².